The molecule has 0 aliphatic heterocycles. The summed E-state index contributed by atoms with van der Waals surface area (Å²) in [6.07, 6.45) is 0. The number of imidazole rings is 1. The number of H-pyrrole nitrogens is 1. The number of nitrogens with one attached hydrogen (secondary N) is 1. The number of aromatic nitrogens is 3. The van der Waals surface area contributed by atoms with Crippen LogP contribution in [0.5, 0.6) is 5.75 Å². The Morgan fingerprint density at radius 3 is 3.00 bits per heavy atom. The number of hydrogen-bond donors (Lipinski definition) is 1. The third kappa shape index (κ3) is 2.96. The van der Waals surface area contributed by atoms with E-state index in [0.717, 1.165) is 38.4 Å². The van der Waals surface area contributed by atoms with Gasteiger partial charge in [-0.3, -0.25) is 0 Å². The van der Waals surface area contributed by atoms with Crippen LogP contribution in [0.15, 0.2) is 28.7 Å². The second-order valence-electron chi connectivity index (χ2n) is 4.30. The van der Waals surface area contributed by atoms with Crippen molar-refractivity contribution in [1.29, 1.82) is 0 Å². The monoisotopic (exact) mass is 305 g/mol. The zero-order valence-corrected chi connectivity index (χ0v) is 13.0. The number of rotatable bonds is 5. The van der Waals surface area contributed by atoms with Crippen LogP contribution in [0.1, 0.15) is 17.6 Å². The number of nitrogens with zero attached hydrogens (tertiary/aromatic N) is 2. The molecule has 104 valence electrons. The molecule has 0 saturated carbocycles. The van der Waals surface area contributed by atoms with Gasteiger partial charge in [0.1, 0.15) is 5.75 Å². The lowest BCUT2D eigenvalue weighted by atomic mass is 10.3. The van der Waals surface area contributed by atoms with E-state index >= 15 is 0 Å². The summed E-state index contributed by atoms with van der Waals surface area (Å²) in [5.74, 6) is 1.71. The highest BCUT2D eigenvalue weighted by atomic mass is 32.2. The Balaban J connectivity index is 1.75. The number of benzene rings is 1. The lowest BCUT2D eigenvalue weighted by molar-refractivity contribution is 0.340. The summed E-state index contributed by atoms with van der Waals surface area (Å²) in [4.78, 5) is 12.3. The van der Waals surface area contributed by atoms with Crippen LogP contribution in [0.2, 0.25) is 0 Å². The summed E-state index contributed by atoms with van der Waals surface area (Å²) in [6, 6.07) is 5.92. The Kier molecular flexibility index (Phi) is 3.93. The van der Waals surface area contributed by atoms with Crippen molar-refractivity contribution in [2.75, 3.05) is 6.61 Å². The highest BCUT2D eigenvalue weighted by Gasteiger charge is 2.06. The maximum Gasteiger partial charge on any atom is 0.166 e. The van der Waals surface area contributed by atoms with Crippen LogP contribution in [0.25, 0.3) is 11.0 Å². The number of fused-ring (bicyclic) bond motifs is 1. The smallest absolute Gasteiger partial charge is 0.166 e. The maximum atomic E-state index is 5.49. The van der Waals surface area contributed by atoms with E-state index in [9.17, 15) is 0 Å². The number of ether oxygens (including phenoxy) is 1. The molecule has 1 N–H and O–H groups in total. The molecule has 0 aliphatic rings. The first kappa shape index (κ1) is 13.5. The molecule has 3 aromatic rings. The van der Waals surface area contributed by atoms with Crippen molar-refractivity contribution < 1.29 is 4.74 Å². The van der Waals surface area contributed by atoms with Gasteiger partial charge in [-0.15, -0.1) is 11.3 Å². The van der Waals surface area contributed by atoms with E-state index in [1.807, 2.05) is 32.0 Å². The minimum absolute atomic E-state index is 0.671. The Labute approximate surface area is 125 Å². The van der Waals surface area contributed by atoms with Crippen molar-refractivity contribution in [3.05, 3.63) is 34.3 Å². The van der Waals surface area contributed by atoms with Crippen LogP contribution in [0.4, 0.5) is 0 Å². The summed E-state index contributed by atoms with van der Waals surface area (Å²) in [5.41, 5.74) is 3.08. The molecule has 6 heteroatoms. The first-order chi connectivity index (χ1) is 9.74. The molecule has 0 atom stereocenters. The Morgan fingerprint density at radius 1 is 1.35 bits per heavy atom. The van der Waals surface area contributed by atoms with Crippen LogP contribution in [0, 0.1) is 6.92 Å². The fraction of sp³-hybridized carbons (Fsp3) is 0.286. The first-order valence-corrected chi connectivity index (χ1v) is 8.27. The van der Waals surface area contributed by atoms with Crippen molar-refractivity contribution in [2.45, 2.75) is 24.8 Å². The molecule has 0 saturated heterocycles. The van der Waals surface area contributed by atoms with Crippen molar-refractivity contribution >= 4 is 34.1 Å². The molecular formula is C14H15N3OS2. The summed E-state index contributed by atoms with van der Waals surface area (Å²) in [5, 5.41) is 4.11. The Morgan fingerprint density at radius 2 is 2.25 bits per heavy atom. The SMILES string of the molecule is CCOc1ccc2nc(SCc3csc(C)n3)[nH]c2c1. The highest BCUT2D eigenvalue weighted by molar-refractivity contribution is 7.98. The fourth-order valence-electron chi connectivity index (χ4n) is 1.91. The van der Waals surface area contributed by atoms with E-state index in [2.05, 4.69) is 20.3 Å². The molecule has 20 heavy (non-hydrogen) atoms. The molecule has 0 spiro atoms. The quantitative estimate of drug-likeness (QED) is 0.723. The lowest BCUT2D eigenvalue weighted by Crippen LogP contribution is -1.90. The van der Waals surface area contributed by atoms with Gasteiger partial charge in [0.2, 0.25) is 0 Å². The van der Waals surface area contributed by atoms with Crippen molar-refractivity contribution in [1.82, 2.24) is 15.0 Å². The molecular weight excluding hydrogens is 290 g/mol. The van der Waals surface area contributed by atoms with E-state index in [-0.39, 0.29) is 0 Å². The molecule has 2 heterocycles. The summed E-state index contributed by atoms with van der Waals surface area (Å²) >= 11 is 3.35. The van der Waals surface area contributed by atoms with Gasteiger partial charge in [-0.1, -0.05) is 11.8 Å². The minimum atomic E-state index is 0.671. The number of hydrogen-bond acceptors (Lipinski definition) is 5. The molecule has 1 aromatic carbocycles. The molecule has 0 fully saturated rings. The van der Waals surface area contributed by atoms with E-state index in [4.69, 9.17) is 4.74 Å². The lowest BCUT2D eigenvalue weighted by Gasteiger charge is -2.00. The fourth-order valence-corrected chi connectivity index (χ4v) is 3.40. The van der Waals surface area contributed by atoms with Crippen LogP contribution in [-0.4, -0.2) is 21.6 Å². The predicted octanol–water partition coefficient (Wildman–Crippen LogP) is 4.02. The third-order valence-electron chi connectivity index (χ3n) is 2.77. The van der Waals surface area contributed by atoms with Crippen molar-refractivity contribution in [3.63, 3.8) is 0 Å². The molecule has 3 rings (SSSR count). The second kappa shape index (κ2) is 5.85. The van der Waals surface area contributed by atoms with Gasteiger partial charge >= 0.3 is 0 Å². The normalized spacial score (nSPS) is 11.1. The van der Waals surface area contributed by atoms with Gasteiger partial charge < -0.3 is 9.72 Å². The maximum absolute atomic E-state index is 5.49. The largest absolute Gasteiger partial charge is 0.494 e. The van der Waals surface area contributed by atoms with E-state index < -0.39 is 0 Å². The summed E-state index contributed by atoms with van der Waals surface area (Å²) in [6.45, 7) is 4.67. The first-order valence-electron chi connectivity index (χ1n) is 6.41. The van der Waals surface area contributed by atoms with Crippen LogP contribution in [-0.2, 0) is 5.75 Å². The predicted molar refractivity (Wildman–Crippen MR) is 83.7 cm³/mol. The molecule has 2 aromatic heterocycles. The van der Waals surface area contributed by atoms with Gasteiger partial charge in [-0.25, -0.2) is 9.97 Å². The number of thioether (sulfide) groups is 1. The average Bonchev–Trinajstić information content (AvgIpc) is 3.02. The van der Waals surface area contributed by atoms with Gasteiger partial charge in [0.05, 0.1) is 28.3 Å². The molecule has 0 bridgehead atoms. The highest BCUT2D eigenvalue weighted by Crippen LogP contribution is 2.25. The summed E-state index contributed by atoms with van der Waals surface area (Å²) < 4.78 is 5.49. The van der Waals surface area contributed by atoms with E-state index in [1.54, 1.807) is 23.1 Å². The van der Waals surface area contributed by atoms with Crippen molar-refractivity contribution in [2.24, 2.45) is 0 Å². The number of aryl methyl sites for hydroxylation is 1. The molecule has 0 amide bonds. The molecule has 0 aliphatic carbocycles. The van der Waals surface area contributed by atoms with E-state index in [1.165, 1.54) is 0 Å². The van der Waals surface area contributed by atoms with Crippen LogP contribution in [0.3, 0.4) is 0 Å². The molecule has 4 nitrogen and oxygen atoms in total. The van der Waals surface area contributed by atoms with Gasteiger partial charge in [-0.2, -0.15) is 0 Å². The minimum Gasteiger partial charge on any atom is -0.494 e. The average molecular weight is 305 g/mol. The second-order valence-corrected chi connectivity index (χ2v) is 6.33. The van der Waals surface area contributed by atoms with Gasteiger partial charge in [0.25, 0.3) is 0 Å². The number of aromatic amines is 1. The van der Waals surface area contributed by atoms with Gasteiger partial charge in [-0.05, 0) is 26.0 Å². The zero-order chi connectivity index (χ0) is 13.9. The van der Waals surface area contributed by atoms with Gasteiger partial charge in [0, 0.05) is 17.2 Å². The zero-order valence-electron chi connectivity index (χ0n) is 11.3. The Hall–Kier alpha value is -1.53. The van der Waals surface area contributed by atoms with Crippen LogP contribution < -0.4 is 4.74 Å². The number of thiazole rings is 1. The standard InChI is InChI=1S/C14H15N3OS2/c1-3-18-11-4-5-12-13(6-11)17-14(16-12)20-8-10-7-19-9(2)15-10/h4-7H,3,8H2,1-2H3,(H,16,17). The van der Waals surface area contributed by atoms with Crippen LogP contribution >= 0.6 is 23.1 Å². The van der Waals surface area contributed by atoms with Crippen molar-refractivity contribution in [3.8, 4) is 5.75 Å². The topological polar surface area (TPSA) is 50.8 Å². The third-order valence-corrected chi connectivity index (χ3v) is 4.50. The van der Waals surface area contributed by atoms with Gasteiger partial charge in [0.15, 0.2) is 5.16 Å². The molecule has 0 radical (unpaired) electrons. The van der Waals surface area contributed by atoms with E-state index in [0.29, 0.717) is 6.61 Å². The summed E-state index contributed by atoms with van der Waals surface area (Å²) in [7, 11) is 0. The molecule has 0 unspecified atom stereocenters. The Bertz CT molecular complexity index is 720.